The summed E-state index contributed by atoms with van der Waals surface area (Å²) in [7, 11) is 0. The maximum atomic E-state index is 5.86. The molecule has 0 saturated carbocycles. The highest BCUT2D eigenvalue weighted by Crippen LogP contribution is 2.27. The third kappa shape index (κ3) is 2.69. The zero-order valence-electron chi connectivity index (χ0n) is 12.9. The van der Waals surface area contributed by atoms with Crippen molar-refractivity contribution < 1.29 is 0 Å². The van der Waals surface area contributed by atoms with E-state index < -0.39 is 0 Å². The molecule has 1 unspecified atom stereocenters. The second-order valence-corrected chi connectivity index (χ2v) is 5.51. The minimum Gasteiger partial charge on any atom is -0.369 e. The number of nitrogens with zero attached hydrogens (tertiary/aromatic N) is 4. The second-order valence-electron chi connectivity index (χ2n) is 5.51. The molecule has 0 aromatic heterocycles. The molecule has 2 heterocycles. The summed E-state index contributed by atoms with van der Waals surface area (Å²) in [5.41, 5.74) is 8.03. The zero-order valence-corrected chi connectivity index (χ0v) is 12.9. The Morgan fingerprint density at radius 2 is 1.58 bits per heavy atom. The molecule has 118 valence electrons. The molecular weight excluding hydrogens is 300 g/mol. The van der Waals surface area contributed by atoms with E-state index in [4.69, 9.17) is 10.7 Å². The molecule has 6 nitrogen and oxygen atoms in total. The number of hydrogen-bond donors (Lipinski definition) is 2. The van der Waals surface area contributed by atoms with Gasteiger partial charge >= 0.3 is 0 Å². The third-order valence-electron chi connectivity index (χ3n) is 3.90. The Labute approximate surface area is 139 Å². The Morgan fingerprint density at radius 1 is 0.958 bits per heavy atom. The molecule has 2 aromatic carbocycles. The first-order valence-electron chi connectivity index (χ1n) is 7.69. The van der Waals surface area contributed by atoms with E-state index in [2.05, 4.69) is 44.6 Å². The van der Waals surface area contributed by atoms with Gasteiger partial charge in [0.05, 0.1) is 0 Å². The molecule has 2 aliphatic heterocycles. The fourth-order valence-corrected chi connectivity index (χ4v) is 2.78. The lowest BCUT2D eigenvalue weighted by Gasteiger charge is -2.21. The number of benzene rings is 2. The van der Waals surface area contributed by atoms with Gasteiger partial charge in [-0.15, -0.1) is 0 Å². The molecule has 0 fully saturated rings. The van der Waals surface area contributed by atoms with Crippen LogP contribution in [0.15, 0.2) is 80.6 Å². The van der Waals surface area contributed by atoms with Gasteiger partial charge in [-0.05, 0) is 11.1 Å². The van der Waals surface area contributed by atoms with E-state index in [1.54, 1.807) is 0 Å². The maximum absolute atomic E-state index is 5.86. The van der Waals surface area contributed by atoms with Gasteiger partial charge in [0.15, 0.2) is 11.9 Å². The molecule has 4 rings (SSSR count). The first-order valence-corrected chi connectivity index (χ1v) is 7.69. The van der Waals surface area contributed by atoms with Crippen molar-refractivity contribution in [2.24, 2.45) is 25.7 Å². The van der Waals surface area contributed by atoms with Crippen molar-refractivity contribution in [2.75, 3.05) is 0 Å². The van der Waals surface area contributed by atoms with Crippen LogP contribution in [0.5, 0.6) is 0 Å². The summed E-state index contributed by atoms with van der Waals surface area (Å²) in [5, 5.41) is 2.93. The summed E-state index contributed by atoms with van der Waals surface area (Å²) in [6, 6.07) is 19.8. The van der Waals surface area contributed by atoms with Crippen LogP contribution < -0.4 is 11.1 Å². The smallest absolute Gasteiger partial charge is 0.200 e. The van der Waals surface area contributed by atoms with Gasteiger partial charge in [-0.25, -0.2) is 4.99 Å². The summed E-state index contributed by atoms with van der Waals surface area (Å²) in [5.74, 6) is 1.52. The molecule has 1 atom stereocenters. The topological polar surface area (TPSA) is 87.5 Å². The number of nitrogens with one attached hydrogen (secondary N) is 1. The molecule has 0 amide bonds. The minimum absolute atomic E-state index is 0.172. The first-order chi connectivity index (χ1) is 11.8. The van der Waals surface area contributed by atoms with Crippen LogP contribution in [0.3, 0.4) is 0 Å². The van der Waals surface area contributed by atoms with Crippen molar-refractivity contribution in [3.05, 3.63) is 71.8 Å². The number of hydrogen-bond acceptors (Lipinski definition) is 5. The maximum Gasteiger partial charge on any atom is 0.200 e. The first kappa shape index (κ1) is 14.3. The van der Waals surface area contributed by atoms with Crippen LogP contribution in [0.4, 0.5) is 0 Å². The quantitative estimate of drug-likeness (QED) is 0.906. The predicted octanol–water partition coefficient (Wildman–Crippen LogP) is 1.90. The van der Waals surface area contributed by atoms with Crippen molar-refractivity contribution in [2.45, 2.75) is 12.1 Å². The normalized spacial score (nSPS) is 20.5. The molecule has 0 spiro atoms. The lowest BCUT2D eigenvalue weighted by atomic mass is 9.99. The molecule has 24 heavy (non-hydrogen) atoms. The highest BCUT2D eigenvalue weighted by molar-refractivity contribution is 6.24. The summed E-state index contributed by atoms with van der Waals surface area (Å²) in [6.45, 7) is 0. The van der Waals surface area contributed by atoms with E-state index in [9.17, 15) is 0 Å². The van der Waals surface area contributed by atoms with Crippen LogP contribution in [0, 0.1) is 0 Å². The van der Waals surface area contributed by atoms with Crippen LogP contribution in [-0.4, -0.2) is 30.0 Å². The summed E-state index contributed by atoms with van der Waals surface area (Å²) < 4.78 is 0. The van der Waals surface area contributed by atoms with Gasteiger partial charge in [-0.1, -0.05) is 60.7 Å². The number of rotatable bonds is 3. The van der Waals surface area contributed by atoms with E-state index in [-0.39, 0.29) is 18.0 Å². The fourth-order valence-electron chi connectivity index (χ4n) is 2.78. The lowest BCUT2D eigenvalue weighted by Crippen LogP contribution is -2.49. The monoisotopic (exact) mass is 316 g/mol. The van der Waals surface area contributed by atoms with Gasteiger partial charge in [0.1, 0.15) is 18.2 Å². The summed E-state index contributed by atoms with van der Waals surface area (Å²) in [6.07, 6.45) is 1.51. The van der Waals surface area contributed by atoms with Gasteiger partial charge in [0.25, 0.3) is 0 Å². The van der Waals surface area contributed by atoms with Gasteiger partial charge < -0.3 is 11.1 Å². The number of guanidine groups is 1. The molecule has 0 aliphatic carbocycles. The van der Waals surface area contributed by atoms with Crippen LogP contribution >= 0.6 is 0 Å². The van der Waals surface area contributed by atoms with Crippen LogP contribution in [0.25, 0.3) is 0 Å². The molecule has 0 saturated heterocycles. The summed E-state index contributed by atoms with van der Waals surface area (Å²) >= 11 is 0. The fraction of sp³-hybridized carbons (Fsp3) is 0.111. The van der Waals surface area contributed by atoms with Crippen molar-refractivity contribution in [3.63, 3.8) is 0 Å². The SMILES string of the molecule is NC1=NC(=NC(c2ccccc2)c2ccccc2)C2N=CN=C2N1. The van der Waals surface area contributed by atoms with Gasteiger partial charge in [-0.3, -0.25) is 9.98 Å². The molecule has 6 heteroatoms. The Bertz CT molecular complexity index is 812. The Hall–Kier alpha value is -3.28. The standard InChI is InChI=1S/C18H16N6/c19-18-23-16-15(20-11-21-16)17(24-18)22-14(12-7-3-1-4-8-12)13-9-5-2-6-10-13/h1-11,14-15H,(H3,19,20,21,22,23,24). The second kappa shape index (κ2) is 6.08. The lowest BCUT2D eigenvalue weighted by molar-refractivity contribution is 0.855. The van der Waals surface area contributed by atoms with E-state index in [1.165, 1.54) is 6.34 Å². The number of fused-ring (bicyclic) bond motifs is 1. The van der Waals surface area contributed by atoms with Crippen molar-refractivity contribution in [1.29, 1.82) is 0 Å². The molecule has 3 N–H and O–H groups in total. The van der Waals surface area contributed by atoms with Gasteiger partial charge in [0.2, 0.25) is 5.96 Å². The van der Waals surface area contributed by atoms with Crippen molar-refractivity contribution in [1.82, 2.24) is 5.32 Å². The highest BCUT2D eigenvalue weighted by atomic mass is 15.3. The molecule has 2 aromatic rings. The highest BCUT2D eigenvalue weighted by Gasteiger charge is 2.30. The number of aliphatic imine (C=N–C) groups is 4. The van der Waals surface area contributed by atoms with E-state index in [1.807, 2.05) is 36.4 Å². The average molecular weight is 316 g/mol. The van der Waals surface area contributed by atoms with Crippen molar-refractivity contribution in [3.8, 4) is 0 Å². The van der Waals surface area contributed by atoms with Gasteiger partial charge in [-0.2, -0.15) is 4.99 Å². The van der Waals surface area contributed by atoms with Crippen molar-refractivity contribution >= 4 is 24.0 Å². The zero-order chi connectivity index (χ0) is 16.4. The summed E-state index contributed by atoms with van der Waals surface area (Å²) in [4.78, 5) is 17.8. The largest absolute Gasteiger partial charge is 0.369 e. The van der Waals surface area contributed by atoms with E-state index >= 15 is 0 Å². The van der Waals surface area contributed by atoms with Gasteiger partial charge in [0, 0.05) is 0 Å². The van der Waals surface area contributed by atoms with E-state index in [0.29, 0.717) is 11.7 Å². The minimum atomic E-state index is -0.313. The molecule has 0 radical (unpaired) electrons. The number of amidine groups is 2. The van der Waals surface area contributed by atoms with Crippen LogP contribution in [-0.2, 0) is 0 Å². The molecule has 2 aliphatic rings. The predicted molar refractivity (Wildman–Crippen MR) is 96.6 cm³/mol. The Balaban J connectivity index is 1.81. The van der Waals surface area contributed by atoms with E-state index in [0.717, 1.165) is 11.1 Å². The average Bonchev–Trinajstić information content (AvgIpc) is 3.09. The Kier molecular flexibility index (Phi) is 3.63. The molecular formula is C18H16N6. The third-order valence-corrected chi connectivity index (χ3v) is 3.90. The van der Waals surface area contributed by atoms with Crippen LogP contribution in [0.2, 0.25) is 0 Å². The number of nitrogens with two attached hydrogens (primary N) is 1. The molecule has 0 bridgehead atoms. The van der Waals surface area contributed by atoms with Crippen LogP contribution in [0.1, 0.15) is 17.2 Å². The Morgan fingerprint density at radius 3 is 2.21 bits per heavy atom.